The molecule has 0 spiro atoms. The van der Waals surface area contributed by atoms with Crippen molar-refractivity contribution < 1.29 is 9.47 Å². The minimum absolute atomic E-state index is 0.185. The maximum Gasteiger partial charge on any atom is 0.126 e. The van der Waals surface area contributed by atoms with Gasteiger partial charge in [-0.1, -0.05) is 65.3 Å². The van der Waals surface area contributed by atoms with Crippen molar-refractivity contribution >= 4 is 34.5 Å². The Morgan fingerprint density at radius 3 is 1.44 bits per heavy atom. The normalized spacial score (nSPS) is 14.0. The van der Waals surface area contributed by atoms with Crippen molar-refractivity contribution in [3.63, 3.8) is 0 Å². The smallest absolute Gasteiger partial charge is 0.126 e. The number of rotatable bonds is 8. The van der Waals surface area contributed by atoms with Crippen molar-refractivity contribution in [1.29, 1.82) is 0 Å². The zero-order chi connectivity index (χ0) is 18.4. The Bertz CT molecular complexity index is 633. The van der Waals surface area contributed by atoms with Crippen LogP contribution in [-0.4, -0.2) is 47.2 Å². The van der Waals surface area contributed by atoms with Gasteiger partial charge in [0.1, 0.15) is 11.5 Å². The van der Waals surface area contributed by atoms with E-state index in [1.165, 1.54) is 22.2 Å². The van der Waals surface area contributed by atoms with E-state index in [0.717, 1.165) is 11.5 Å². The Labute approximate surface area is 156 Å². The van der Waals surface area contributed by atoms with Crippen LogP contribution in [0.25, 0.3) is 0 Å². The lowest BCUT2D eigenvalue weighted by molar-refractivity contribution is 0.418. The number of methoxy groups -OCH3 is 2. The van der Waals surface area contributed by atoms with Gasteiger partial charge in [0.2, 0.25) is 0 Å². The summed E-state index contributed by atoms with van der Waals surface area (Å²) in [6.45, 7) is 9.89. The van der Waals surface area contributed by atoms with Gasteiger partial charge in [0.05, 0.1) is 22.3 Å². The van der Waals surface area contributed by atoms with Crippen LogP contribution in [0.2, 0.25) is 13.1 Å². The van der Waals surface area contributed by atoms with E-state index in [-0.39, 0.29) is 15.8 Å². The Hall–Kier alpha value is -0.883. The molecule has 0 N–H and O–H groups in total. The summed E-state index contributed by atoms with van der Waals surface area (Å²) in [4.78, 5) is 0. The first kappa shape index (κ1) is 20.4. The Morgan fingerprint density at radius 2 is 1.08 bits per heavy atom. The number of hydrogen-bond acceptors (Lipinski definition) is 2. The summed E-state index contributed by atoms with van der Waals surface area (Å²) < 4.78 is 11.2. The van der Waals surface area contributed by atoms with Gasteiger partial charge in [0.15, 0.2) is 0 Å². The van der Waals surface area contributed by atoms with Gasteiger partial charge in [-0.05, 0) is 37.0 Å². The van der Waals surface area contributed by atoms with Gasteiger partial charge < -0.3 is 9.47 Å². The van der Waals surface area contributed by atoms with Crippen molar-refractivity contribution in [2.45, 2.75) is 13.1 Å². The minimum Gasteiger partial charge on any atom is -0.496 e. The lowest BCUT2D eigenvalue weighted by Gasteiger charge is -2.30. The number of ether oxygens (including phenoxy) is 2. The van der Waals surface area contributed by atoms with Crippen LogP contribution in [0.5, 0.6) is 11.5 Å². The van der Waals surface area contributed by atoms with Crippen LogP contribution >= 0.6 is 15.8 Å². The number of benzene rings is 2. The van der Waals surface area contributed by atoms with Crippen molar-refractivity contribution in [2.75, 3.05) is 39.1 Å². The predicted molar refractivity (Wildman–Crippen MR) is 118 cm³/mol. The van der Waals surface area contributed by atoms with Crippen LogP contribution in [0, 0.1) is 0 Å². The van der Waals surface area contributed by atoms with E-state index in [1.54, 1.807) is 14.2 Å². The topological polar surface area (TPSA) is 18.5 Å². The van der Waals surface area contributed by atoms with Gasteiger partial charge in [-0.15, -0.1) is 0 Å². The summed E-state index contributed by atoms with van der Waals surface area (Å²) in [5.74, 6) is 4.77. The molecule has 0 aliphatic carbocycles. The van der Waals surface area contributed by atoms with E-state index in [9.17, 15) is 0 Å². The van der Waals surface area contributed by atoms with Crippen LogP contribution in [0.4, 0.5) is 0 Å². The average Bonchev–Trinajstić information content (AvgIpc) is 2.60. The zero-order valence-electron chi connectivity index (χ0n) is 16.2. The Balaban J connectivity index is 2.10. The third-order valence-corrected chi connectivity index (χ3v) is 17.4. The van der Waals surface area contributed by atoms with Gasteiger partial charge in [-0.2, -0.15) is 0 Å². The molecule has 0 radical (unpaired) electrons. The molecule has 25 heavy (non-hydrogen) atoms. The molecule has 0 amide bonds. The first-order valence-corrected chi connectivity index (χ1v) is 15.9. The highest BCUT2D eigenvalue weighted by Crippen LogP contribution is 2.42. The quantitative estimate of drug-likeness (QED) is 0.480. The highest BCUT2D eigenvalue weighted by molar-refractivity contribution is 7.70. The first-order valence-electron chi connectivity index (χ1n) is 8.56. The van der Waals surface area contributed by atoms with Crippen LogP contribution in [0.1, 0.15) is 0 Å². The molecule has 0 heterocycles. The molecule has 0 fully saturated rings. The van der Waals surface area contributed by atoms with E-state index in [2.05, 4.69) is 75.0 Å². The van der Waals surface area contributed by atoms with Gasteiger partial charge in [-0.3, -0.25) is 0 Å². The predicted octanol–water partition coefficient (Wildman–Crippen LogP) is 4.66. The Kier molecular flexibility index (Phi) is 7.49. The van der Waals surface area contributed by atoms with Crippen LogP contribution in [0.15, 0.2) is 48.5 Å². The molecule has 5 heteroatoms. The molecule has 2 atom stereocenters. The van der Waals surface area contributed by atoms with Gasteiger partial charge in [0.25, 0.3) is 0 Å². The van der Waals surface area contributed by atoms with E-state index < -0.39 is 8.07 Å². The maximum atomic E-state index is 5.58. The van der Waals surface area contributed by atoms with Gasteiger partial charge >= 0.3 is 0 Å². The number of hydrogen-bond donors (Lipinski definition) is 0. The minimum atomic E-state index is -1.32. The van der Waals surface area contributed by atoms with Crippen molar-refractivity contribution in [1.82, 2.24) is 0 Å². The molecule has 2 nitrogen and oxygen atoms in total. The van der Waals surface area contributed by atoms with Crippen molar-refractivity contribution in [3.8, 4) is 11.5 Å². The number of para-hydroxylation sites is 2. The lowest BCUT2D eigenvalue weighted by atomic mass is 10.3. The summed E-state index contributed by atoms with van der Waals surface area (Å²) >= 11 is 0. The third kappa shape index (κ3) is 5.54. The molecule has 2 rings (SSSR count). The molecule has 136 valence electrons. The summed E-state index contributed by atoms with van der Waals surface area (Å²) in [7, 11) is 1.86. The fourth-order valence-corrected chi connectivity index (χ4v) is 18.1. The second kappa shape index (κ2) is 9.17. The third-order valence-electron chi connectivity index (χ3n) is 4.32. The fourth-order valence-electron chi connectivity index (χ4n) is 3.39. The second-order valence-electron chi connectivity index (χ2n) is 7.22. The van der Waals surface area contributed by atoms with Crippen molar-refractivity contribution in [3.05, 3.63) is 48.5 Å². The maximum absolute atomic E-state index is 5.58. The molecular weight excluding hydrogens is 362 g/mol. The second-order valence-corrected chi connectivity index (χ2v) is 17.8. The summed E-state index contributed by atoms with van der Waals surface area (Å²) in [5.41, 5.74) is 0. The SMILES string of the molecule is COc1ccccc1P(C)C[Si](C)(C)CP(C)c1ccccc1OC. The first-order chi connectivity index (χ1) is 11.9. The van der Waals surface area contributed by atoms with Crippen LogP contribution < -0.4 is 20.1 Å². The molecule has 2 unspecified atom stereocenters. The molecule has 0 saturated carbocycles. The van der Waals surface area contributed by atoms with E-state index in [1.807, 2.05) is 0 Å². The largest absolute Gasteiger partial charge is 0.496 e. The van der Waals surface area contributed by atoms with Gasteiger partial charge in [0, 0.05) is 10.6 Å². The zero-order valence-corrected chi connectivity index (χ0v) is 19.0. The van der Waals surface area contributed by atoms with Gasteiger partial charge in [-0.25, -0.2) is 0 Å². The summed E-state index contributed by atoms with van der Waals surface area (Å²) in [6, 6.07) is 17.0. The highest BCUT2D eigenvalue weighted by atomic mass is 31.1. The van der Waals surface area contributed by atoms with Crippen LogP contribution in [0.3, 0.4) is 0 Å². The highest BCUT2D eigenvalue weighted by Gasteiger charge is 2.28. The summed E-state index contributed by atoms with van der Waals surface area (Å²) in [5, 5.41) is 2.80. The standard InChI is InChI=1S/C20H30O2P2Si/c1-21-17-11-7-9-13-19(17)23(3)15-25(5,6)16-24(4)20-14-10-8-12-18(20)22-2/h7-14H,15-16H2,1-6H3. The fraction of sp³-hybridized carbons (Fsp3) is 0.400. The van der Waals surface area contributed by atoms with E-state index in [4.69, 9.17) is 9.47 Å². The Morgan fingerprint density at radius 1 is 0.720 bits per heavy atom. The molecule has 0 saturated heterocycles. The molecule has 0 aliphatic rings. The molecule has 0 aromatic heterocycles. The molecule has 2 aromatic carbocycles. The molecular formula is C20H30O2P2Si. The average molecular weight is 392 g/mol. The van der Waals surface area contributed by atoms with Crippen LogP contribution in [-0.2, 0) is 0 Å². The van der Waals surface area contributed by atoms with E-state index in [0.29, 0.717) is 0 Å². The monoisotopic (exact) mass is 392 g/mol. The van der Waals surface area contributed by atoms with Crippen molar-refractivity contribution in [2.24, 2.45) is 0 Å². The molecule has 0 aliphatic heterocycles. The summed E-state index contributed by atoms with van der Waals surface area (Å²) in [6.07, 6.45) is 0. The lowest BCUT2D eigenvalue weighted by Crippen LogP contribution is -2.37. The molecule has 0 bridgehead atoms. The molecule has 2 aromatic rings. The van der Waals surface area contributed by atoms with E-state index >= 15 is 0 Å².